The lowest BCUT2D eigenvalue weighted by Gasteiger charge is -2.09. The van der Waals surface area contributed by atoms with Gasteiger partial charge in [-0.1, -0.05) is 31.2 Å². The molecule has 0 saturated heterocycles. The first-order chi connectivity index (χ1) is 11.6. The van der Waals surface area contributed by atoms with Crippen LogP contribution in [0.4, 0.5) is 0 Å². The zero-order valence-electron chi connectivity index (χ0n) is 14.0. The standard InChI is InChI=1S/C19H22N2O3/c1-3-15-7-9-16(10-8-15)19(23)21-20-18(22)11-12-24-17-6-4-5-14(2)13-17/h4-10,13H,3,11-12H2,1-2H3,(H,20,22)(H,21,23). The predicted molar refractivity (Wildman–Crippen MR) is 92.7 cm³/mol. The fourth-order valence-corrected chi connectivity index (χ4v) is 2.12. The number of hydrogen-bond donors (Lipinski definition) is 2. The zero-order chi connectivity index (χ0) is 17.4. The molecular formula is C19H22N2O3. The van der Waals surface area contributed by atoms with Gasteiger partial charge in [-0.3, -0.25) is 20.4 Å². The van der Waals surface area contributed by atoms with Crippen LogP contribution in [0.5, 0.6) is 5.75 Å². The molecule has 5 heteroatoms. The zero-order valence-corrected chi connectivity index (χ0v) is 14.0. The summed E-state index contributed by atoms with van der Waals surface area (Å²) in [5, 5.41) is 0. The van der Waals surface area contributed by atoms with Crippen molar-refractivity contribution < 1.29 is 14.3 Å². The number of nitrogens with one attached hydrogen (secondary N) is 2. The van der Waals surface area contributed by atoms with Crippen LogP contribution in [0.15, 0.2) is 48.5 Å². The highest BCUT2D eigenvalue weighted by Crippen LogP contribution is 2.12. The molecule has 0 atom stereocenters. The Balaban J connectivity index is 1.71. The maximum atomic E-state index is 11.9. The Morgan fingerprint density at radius 1 is 1.04 bits per heavy atom. The lowest BCUT2D eigenvalue weighted by molar-refractivity contribution is -0.122. The van der Waals surface area contributed by atoms with Gasteiger partial charge in [0, 0.05) is 5.56 Å². The lowest BCUT2D eigenvalue weighted by atomic mass is 10.1. The second kappa shape index (κ2) is 8.72. The average Bonchev–Trinajstić information content (AvgIpc) is 2.60. The largest absolute Gasteiger partial charge is 0.493 e. The number of rotatable bonds is 6. The Labute approximate surface area is 142 Å². The maximum Gasteiger partial charge on any atom is 0.269 e. The van der Waals surface area contributed by atoms with E-state index in [0.717, 1.165) is 23.3 Å². The Morgan fingerprint density at radius 2 is 1.79 bits per heavy atom. The van der Waals surface area contributed by atoms with E-state index >= 15 is 0 Å². The molecule has 0 fully saturated rings. The van der Waals surface area contributed by atoms with Gasteiger partial charge in [0.15, 0.2) is 0 Å². The lowest BCUT2D eigenvalue weighted by Crippen LogP contribution is -2.42. The van der Waals surface area contributed by atoms with Gasteiger partial charge in [0.25, 0.3) is 5.91 Å². The molecule has 2 rings (SSSR count). The van der Waals surface area contributed by atoms with Crippen LogP contribution in [0.2, 0.25) is 0 Å². The number of amides is 2. The molecule has 0 unspecified atom stereocenters. The predicted octanol–water partition coefficient (Wildman–Crippen LogP) is 2.79. The van der Waals surface area contributed by atoms with E-state index in [1.165, 1.54) is 0 Å². The first kappa shape index (κ1) is 17.5. The van der Waals surface area contributed by atoms with Crippen molar-refractivity contribution in [2.75, 3.05) is 6.61 Å². The van der Waals surface area contributed by atoms with Gasteiger partial charge < -0.3 is 4.74 Å². The topological polar surface area (TPSA) is 67.4 Å². The van der Waals surface area contributed by atoms with Crippen molar-refractivity contribution in [2.24, 2.45) is 0 Å². The fourth-order valence-electron chi connectivity index (χ4n) is 2.12. The van der Waals surface area contributed by atoms with Crippen molar-refractivity contribution in [1.29, 1.82) is 0 Å². The minimum atomic E-state index is -0.342. The first-order valence-electron chi connectivity index (χ1n) is 7.96. The van der Waals surface area contributed by atoms with Gasteiger partial charge in [0.05, 0.1) is 13.0 Å². The van der Waals surface area contributed by atoms with Gasteiger partial charge >= 0.3 is 0 Å². The van der Waals surface area contributed by atoms with Gasteiger partial charge in [-0.15, -0.1) is 0 Å². The number of hydrogen-bond acceptors (Lipinski definition) is 3. The Kier molecular flexibility index (Phi) is 6.37. The van der Waals surface area contributed by atoms with Crippen LogP contribution in [0.3, 0.4) is 0 Å². The quantitative estimate of drug-likeness (QED) is 0.802. The summed E-state index contributed by atoms with van der Waals surface area (Å²) < 4.78 is 5.50. The average molecular weight is 326 g/mol. The number of ether oxygens (including phenoxy) is 1. The van der Waals surface area contributed by atoms with Gasteiger partial charge in [-0.2, -0.15) is 0 Å². The normalized spacial score (nSPS) is 10.1. The number of hydrazine groups is 1. The van der Waals surface area contributed by atoms with Gasteiger partial charge in [-0.25, -0.2) is 0 Å². The van der Waals surface area contributed by atoms with Crippen molar-refractivity contribution in [3.63, 3.8) is 0 Å². The fraction of sp³-hybridized carbons (Fsp3) is 0.263. The minimum absolute atomic E-state index is 0.156. The van der Waals surface area contributed by atoms with Crippen molar-refractivity contribution in [3.05, 3.63) is 65.2 Å². The van der Waals surface area contributed by atoms with E-state index in [2.05, 4.69) is 10.9 Å². The van der Waals surface area contributed by atoms with Crippen molar-refractivity contribution in [3.8, 4) is 5.75 Å². The van der Waals surface area contributed by atoms with E-state index in [4.69, 9.17) is 4.74 Å². The molecule has 0 aliphatic heterocycles. The van der Waals surface area contributed by atoms with E-state index in [9.17, 15) is 9.59 Å². The van der Waals surface area contributed by atoms with E-state index in [1.54, 1.807) is 12.1 Å². The molecule has 126 valence electrons. The summed E-state index contributed by atoms with van der Waals surface area (Å²) in [6.07, 6.45) is 1.07. The third-order valence-corrected chi connectivity index (χ3v) is 3.53. The van der Waals surface area contributed by atoms with Crippen LogP contribution in [0.1, 0.15) is 34.8 Å². The summed E-state index contributed by atoms with van der Waals surface area (Å²) in [5.74, 6) is 0.0784. The third kappa shape index (κ3) is 5.43. The van der Waals surface area contributed by atoms with E-state index in [0.29, 0.717) is 5.56 Å². The Bertz CT molecular complexity index is 696. The molecule has 0 heterocycles. The van der Waals surface area contributed by atoms with E-state index in [1.807, 2.05) is 50.2 Å². The van der Waals surface area contributed by atoms with Crippen LogP contribution >= 0.6 is 0 Å². The maximum absolute atomic E-state index is 11.9. The molecule has 2 aromatic carbocycles. The van der Waals surface area contributed by atoms with Crippen LogP contribution in [0.25, 0.3) is 0 Å². The molecule has 0 aromatic heterocycles. The highest BCUT2D eigenvalue weighted by molar-refractivity contribution is 5.95. The Morgan fingerprint density at radius 3 is 2.46 bits per heavy atom. The highest BCUT2D eigenvalue weighted by atomic mass is 16.5. The smallest absolute Gasteiger partial charge is 0.269 e. The molecule has 0 aliphatic carbocycles. The van der Waals surface area contributed by atoms with Crippen molar-refractivity contribution in [2.45, 2.75) is 26.7 Å². The first-order valence-corrected chi connectivity index (χ1v) is 7.96. The summed E-state index contributed by atoms with van der Waals surface area (Å²) in [6, 6.07) is 14.9. The molecule has 0 bridgehead atoms. The van der Waals surface area contributed by atoms with Gasteiger partial charge in [0.1, 0.15) is 5.75 Å². The monoisotopic (exact) mass is 326 g/mol. The molecule has 0 spiro atoms. The molecular weight excluding hydrogens is 304 g/mol. The molecule has 0 saturated carbocycles. The van der Waals surface area contributed by atoms with Crippen LogP contribution in [-0.4, -0.2) is 18.4 Å². The summed E-state index contributed by atoms with van der Waals surface area (Å²) in [5.41, 5.74) is 7.54. The number of carbonyl (C=O) groups is 2. The SMILES string of the molecule is CCc1ccc(C(=O)NNC(=O)CCOc2cccc(C)c2)cc1. The minimum Gasteiger partial charge on any atom is -0.493 e. The van der Waals surface area contributed by atoms with Crippen molar-refractivity contribution >= 4 is 11.8 Å². The molecule has 2 N–H and O–H groups in total. The second-order valence-corrected chi connectivity index (χ2v) is 5.47. The van der Waals surface area contributed by atoms with Gasteiger partial charge in [-0.05, 0) is 48.7 Å². The summed E-state index contributed by atoms with van der Waals surface area (Å²) in [7, 11) is 0. The van der Waals surface area contributed by atoms with Crippen molar-refractivity contribution in [1.82, 2.24) is 10.9 Å². The third-order valence-electron chi connectivity index (χ3n) is 3.53. The number of carbonyl (C=O) groups excluding carboxylic acids is 2. The highest BCUT2D eigenvalue weighted by Gasteiger charge is 2.07. The Hall–Kier alpha value is -2.82. The molecule has 2 aromatic rings. The van der Waals surface area contributed by atoms with Crippen LogP contribution in [0, 0.1) is 6.92 Å². The number of aryl methyl sites for hydroxylation is 2. The molecule has 5 nitrogen and oxygen atoms in total. The molecule has 24 heavy (non-hydrogen) atoms. The summed E-state index contributed by atoms with van der Waals surface area (Å²) in [4.78, 5) is 23.7. The number of benzene rings is 2. The van der Waals surface area contributed by atoms with E-state index in [-0.39, 0.29) is 24.8 Å². The molecule has 2 amide bonds. The molecule has 0 radical (unpaired) electrons. The summed E-state index contributed by atoms with van der Waals surface area (Å²) in [6.45, 7) is 4.27. The summed E-state index contributed by atoms with van der Waals surface area (Å²) >= 11 is 0. The van der Waals surface area contributed by atoms with E-state index < -0.39 is 0 Å². The molecule has 0 aliphatic rings. The van der Waals surface area contributed by atoms with Crippen LogP contribution < -0.4 is 15.6 Å². The second-order valence-electron chi connectivity index (χ2n) is 5.47. The van der Waals surface area contributed by atoms with Crippen LogP contribution in [-0.2, 0) is 11.2 Å². The van der Waals surface area contributed by atoms with Gasteiger partial charge in [0.2, 0.25) is 5.91 Å².